The van der Waals surface area contributed by atoms with E-state index in [9.17, 15) is 0 Å². The molecule has 0 fully saturated rings. The smallest absolute Gasteiger partial charge is 0.0142 e. The zero-order chi connectivity index (χ0) is 5.54. The maximum atomic E-state index is 2.04. The van der Waals surface area contributed by atoms with Crippen LogP contribution in [0.25, 0.3) is 0 Å². The highest BCUT2D eigenvalue weighted by atomic mass is 32.2. The van der Waals surface area contributed by atoms with Crippen LogP contribution in [0.3, 0.4) is 0 Å². The van der Waals surface area contributed by atoms with Gasteiger partial charge in [-0.05, 0) is 18.6 Å². The third-order valence-electron chi connectivity index (χ3n) is 0.518. The second-order valence-electron chi connectivity index (χ2n) is 1.09. The molecule has 1 heteroatoms. The lowest BCUT2D eigenvalue weighted by Crippen LogP contribution is -1.43. The van der Waals surface area contributed by atoms with E-state index in [1.54, 1.807) is 11.8 Å². The van der Waals surface area contributed by atoms with E-state index in [1.165, 1.54) is 0 Å². The normalized spacial score (nSPS) is 11.7. The third kappa shape index (κ3) is 5.83. The van der Waals surface area contributed by atoms with Gasteiger partial charge in [0, 0.05) is 0 Å². The molecule has 0 rings (SSSR count). The molecule has 0 saturated carbocycles. The van der Waals surface area contributed by atoms with Crippen LogP contribution in [0.1, 0.15) is 6.92 Å². The van der Waals surface area contributed by atoms with Crippen LogP contribution in [0.2, 0.25) is 0 Å². The van der Waals surface area contributed by atoms with E-state index in [0.29, 0.717) is 0 Å². The molecule has 0 bridgehead atoms. The molecule has 0 amide bonds. The lowest BCUT2D eigenvalue weighted by atomic mass is 10.5. The molecule has 0 unspecified atom stereocenters. The van der Waals surface area contributed by atoms with E-state index < -0.39 is 0 Å². The van der Waals surface area contributed by atoms with E-state index in [1.807, 2.05) is 36.8 Å². The number of hydrogen-bond donors (Lipinski definition) is 0. The van der Waals surface area contributed by atoms with Crippen molar-refractivity contribution in [1.82, 2.24) is 0 Å². The van der Waals surface area contributed by atoms with E-state index in [-0.39, 0.29) is 0 Å². The van der Waals surface area contributed by atoms with Crippen LogP contribution in [-0.4, -0.2) is 6.26 Å². The Kier molecular flexibility index (Phi) is 5.69. The molecule has 40 valence electrons. The first-order chi connectivity index (χ1) is 3.41. The number of rotatable bonds is 2. The Morgan fingerprint density at radius 2 is 2.00 bits per heavy atom. The molecule has 0 aliphatic carbocycles. The third-order valence-corrected chi connectivity index (χ3v) is 0.948. The zero-order valence-corrected chi connectivity index (χ0v) is 5.53. The van der Waals surface area contributed by atoms with Crippen molar-refractivity contribution in [2.45, 2.75) is 6.92 Å². The molecule has 0 saturated heterocycles. The summed E-state index contributed by atoms with van der Waals surface area (Å²) in [6, 6.07) is 0. The predicted molar refractivity (Wildman–Crippen MR) is 37.5 cm³/mol. The monoisotopic (exact) mass is 114 g/mol. The van der Waals surface area contributed by atoms with Crippen molar-refractivity contribution in [2.75, 3.05) is 6.26 Å². The summed E-state index contributed by atoms with van der Waals surface area (Å²) >= 11 is 1.71. The topological polar surface area (TPSA) is 0 Å². The SMILES string of the molecule is CC=CC=CSC. The Bertz CT molecular complexity index is 72.2. The van der Waals surface area contributed by atoms with Gasteiger partial charge in [-0.2, -0.15) is 0 Å². The largest absolute Gasteiger partial charge is 0.138 e. The molecule has 0 spiro atoms. The van der Waals surface area contributed by atoms with E-state index in [4.69, 9.17) is 0 Å². The predicted octanol–water partition coefficient (Wildman–Crippen LogP) is 2.44. The lowest BCUT2D eigenvalue weighted by molar-refractivity contribution is 1.74. The van der Waals surface area contributed by atoms with Crippen LogP contribution in [0.15, 0.2) is 23.6 Å². The van der Waals surface area contributed by atoms with E-state index in [0.717, 1.165) is 0 Å². The molecule has 0 aromatic rings. The molecule has 0 atom stereocenters. The van der Waals surface area contributed by atoms with Gasteiger partial charge in [0.25, 0.3) is 0 Å². The Labute approximate surface area is 49.3 Å². The Balaban J connectivity index is 3.09. The summed E-state index contributed by atoms with van der Waals surface area (Å²) in [4.78, 5) is 0. The summed E-state index contributed by atoms with van der Waals surface area (Å²) in [6.07, 6.45) is 8.08. The highest BCUT2D eigenvalue weighted by Crippen LogP contribution is 1.92. The summed E-state index contributed by atoms with van der Waals surface area (Å²) in [5, 5.41) is 2.04. The fourth-order valence-electron chi connectivity index (χ4n) is 0.235. The fraction of sp³-hybridized carbons (Fsp3) is 0.333. The maximum Gasteiger partial charge on any atom is -0.0142 e. The molecule has 0 heterocycles. The van der Waals surface area contributed by atoms with Gasteiger partial charge < -0.3 is 0 Å². The summed E-state index contributed by atoms with van der Waals surface area (Å²) < 4.78 is 0. The van der Waals surface area contributed by atoms with Crippen LogP contribution >= 0.6 is 11.8 Å². The molecule has 0 nitrogen and oxygen atoms in total. The molecule has 0 aromatic heterocycles. The lowest BCUT2D eigenvalue weighted by Gasteiger charge is -1.70. The minimum Gasteiger partial charge on any atom is -0.138 e. The van der Waals surface area contributed by atoms with Crippen LogP contribution in [0.5, 0.6) is 0 Å². The molecular weight excluding hydrogens is 104 g/mol. The number of allylic oxidation sites excluding steroid dienone is 3. The fourth-order valence-corrected chi connectivity index (χ4v) is 0.483. The summed E-state index contributed by atoms with van der Waals surface area (Å²) in [6.45, 7) is 2.00. The number of hydrogen-bond acceptors (Lipinski definition) is 1. The average Bonchev–Trinajstić information content (AvgIpc) is 1.69. The van der Waals surface area contributed by atoms with Gasteiger partial charge in [0.15, 0.2) is 0 Å². The van der Waals surface area contributed by atoms with Crippen molar-refractivity contribution in [2.24, 2.45) is 0 Å². The molecule has 0 aliphatic heterocycles. The van der Waals surface area contributed by atoms with Gasteiger partial charge in [-0.3, -0.25) is 0 Å². The summed E-state index contributed by atoms with van der Waals surface area (Å²) in [7, 11) is 0. The van der Waals surface area contributed by atoms with Crippen LogP contribution < -0.4 is 0 Å². The molecule has 0 radical (unpaired) electrons. The maximum absolute atomic E-state index is 2.04. The van der Waals surface area contributed by atoms with Gasteiger partial charge in [-0.15, -0.1) is 11.8 Å². The van der Waals surface area contributed by atoms with Gasteiger partial charge in [0.2, 0.25) is 0 Å². The average molecular weight is 114 g/mol. The Morgan fingerprint density at radius 3 is 2.43 bits per heavy atom. The van der Waals surface area contributed by atoms with Gasteiger partial charge in [-0.1, -0.05) is 18.2 Å². The van der Waals surface area contributed by atoms with Gasteiger partial charge >= 0.3 is 0 Å². The van der Waals surface area contributed by atoms with Gasteiger partial charge in [-0.25, -0.2) is 0 Å². The zero-order valence-electron chi connectivity index (χ0n) is 4.72. The minimum absolute atomic E-state index is 1.71. The quantitative estimate of drug-likeness (QED) is 0.497. The van der Waals surface area contributed by atoms with Crippen LogP contribution in [0.4, 0.5) is 0 Å². The molecule has 0 aromatic carbocycles. The van der Waals surface area contributed by atoms with Crippen molar-refractivity contribution in [1.29, 1.82) is 0 Å². The minimum atomic E-state index is 1.71. The summed E-state index contributed by atoms with van der Waals surface area (Å²) in [5.41, 5.74) is 0. The molecule has 0 aliphatic rings. The molecule has 7 heavy (non-hydrogen) atoms. The van der Waals surface area contributed by atoms with Gasteiger partial charge in [0.1, 0.15) is 0 Å². The van der Waals surface area contributed by atoms with Crippen molar-refractivity contribution in [3.05, 3.63) is 23.6 Å². The highest BCUT2D eigenvalue weighted by Gasteiger charge is 1.57. The highest BCUT2D eigenvalue weighted by molar-refractivity contribution is 8.01. The van der Waals surface area contributed by atoms with E-state index in [2.05, 4.69) is 0 Å². The van der Waals surface area contributed by atoms with Crippen LogP contribution in [-0.2, 0) is 0 Å². The van der Waals surface area contributed by atoms with Crippen molar-refractivity contribution in [3.8, 4) is 0 Å². The van der Waals surface area contributed by atoms with Crippen molar-refractivity contribution < 1.29 is 0 Å². The Morgan fingerprint density at radius 1 is 1.29 bits per heavy atom. The number of thioether (sulfide) groups is 1. The second-order valence-corrected chi connectivity index (χ2v) is 1.83. The van der Waals surface area contributed by atoms with Gasteiger partial charge in [0.05, 0.1) is 0 Å². The summed E-state index contributed by atoms with van der Waals surface area (Å²) in [5.74, 6) is 0. The van der Waals surface area contributed by atoms with Crippen LogP contribution in [0, 0.1) is 0 Å². The first-order valence-corrected chi connectivity index (χ1v) is 3.51. The molecular formula is C6H10S. The first-order valence-electron chi connectivity index (χ1n) is 2.22. The first kappa shape index (κ1) is 6.83. The Hall–Kier alpha value is -0.170. The van der Waals surface area contributed by atoms with Crippen molar-refractivity contribution >= 4 is 11.8 Å². The second kappa shape index (κ2) is 5.83. The standard InChI is InChI=1S/C6H10S/c1-3-4-5-6-7-2/h3-6H,1-2H3. The van der Waals surface area contributed by atoms with Crippen molar-refractivity contribution in [3.63, 3.8) is 0 Å². The molecule has 0 N–H and O–H groups in total. The van der Waals surface area contributed by atoms with E-state index >= 15 is 0 Å².